The molecule has 2 aromatic rings. The van der Waals surface area contributed by atoms with Gasteiger partial charge in [0.1, 0.15) is 4.83 Å². The molecule has 0 unspecified atom stereocenters. The first kappa shape index (κ1) is 23.4. The molecule has 0 aliphatic carbocycles. The Morgan fingerprint density at radius 1 is 1.33 bits per heavy atom. The van der Waals surface area contributed by atoms with Crippen molar-refractivity contribution in [2.24, 2.45) is 4.99 Å². The van der Waals surface area contributed by atoms with Gasteiger partial charge in [-0.2, -0.15) is 0 Å². The third kappa shape index (κ3) is 6.04. The minimum Gasteiger partial charge on any atom is -0.385 e. The van der Waals surface area contributed by atoms with E-state index in [0.717, 1.165) is 35.2 Å². The highest BCUT2D eigenvalue weighted by Gasteiger charge is 2.15. The third-order valence-corrected chi connectivity index (χ3v) is 5.32. The maximum atomic E-state index is 11.6. The van der Waals surface area contributed by atoms with Gasteiger partial charge in [-0.1, -0.05) is 19.1 Å². The Morgan fingerprint density at radius 2 is 2.13 bits per heavy atom. The lowest BCUT2D eigenvalue weighted by Crippen LogP contribution is -2.12. The van der Waals surface area contributed by atoms with Crippen molar-refractivity contribution in [3.63, 3.8) is 0 Å². The number of nitrogens with zero attached hydrogens (tertiary/aromatic N) is 3. The van der Waals surface area contributed by atoms with Crippen LogP contribution < -0.4 is 10.6 Å². The molecule has 158 valence electrons. The van der Waals surface area contributed by atoms with E-state index in [1.165, 1.54) is 11.3 Å². The van der Waals surface area contributed by atoms with Crippen molar-refractivity contribution in [3.05, 3.63) is 52.2 Å². The molecule has 0 atom stereocenters. The normalized spacial score (nSPS) is 12.7. The number of fused-ring (bicyclic) bond motifs is 1. The first-order chi connectivity index (χ1) is 14.5. The highest BCUT2D eigenvalue weighted by Crippen LogP contribution is 2.39. The summed E-state index contributed by atoms with van der Waals surface area (Å²) in [5.74, 6) is 0. The minimum absolute atomic E-state index is 0.516. The van der Waals surface area contributed by atoms with Gasteiger partial charge in [-0.25, -0.2) is 9.98 Å². The van der Waals surface area contributed by atoms with E-state index in [-0.39, 0.29) is 0 Å². The zero-order chi connectivity index (χ0) is 21.9. The number of aromatic nitrogens is 1. The van der Waals surface area contributed by atoms with E-state index in [9.17, 15) is 9.59 Å². The molecule has 0 spiro atoms. The second-order valence-electron chi connectivity index (χ2n) is 6.10. The van der Waals surface area contributed by atoms with Gasteiger partial charge in [-0.3, -0.25) is 9.59 Å². The molecule has 2 rings (SSSR count). The zero-order valence-corrected chi connectivity index (χ0v) is 18.8. The maximum absolute atomic E-state index is 11.6. The van der Waals surface area contributed by atoms with Crippen LogP contribution in [0.2, 0.25) is 0 Å². The zero-order valence-electron chi connectivity index (χ0n) is 17.1. The Balaban J connectivity index is 2.33. The fraction of sp³-hybridized carbons (Fsp3) is 0.238. The Bertz CT molecular complexity index is 1010. The molecule has 0 aromatic carbocycles. The molecule has 30 heavy (non-hydrogen) atoms. The Hall–Kier alpha value is -2.91. The number of pyridine rings is 1. The summed E-state index contributed by atoms with van der Waals surface area (Å²) in [4.78, 5) is 35.0. The molecule has 9 heteroatoms. The molecule has 0 radical (unpaired) electrons. The number of carbonyl (C=O) groups excluding carboxylic acids is 2. The van der Waals surface area contributed by atoms with Crippen LogP contribution in [0.4, 0.5) is 11.4 Å². The summed E-state index contributed by atoms with van der Waals surface area (Å²) < 4.78 is 0. The van der Waals surface area contributed by atoms with Crippen LogP contribution >= 0.6 is 24.0 Å². The maximum Gasteiger partial charge on any atom is 0.211 e. The predicted octanol–water partition coefficient (Wildman–Crippen LogP) is 4.50. The van der Waals surface area contributed by atoms with Crippen LogP contribution in [-0.4, -0.2) is 42.5 Å². The molecule has 2 heterocycles. The lowest BCUT2D eigenvalue weighted by Gasteiger charge is -2.09. The fourth-order valence-corrected chi connectivity index (χ4v) is 3.71. The van der Waals surface area contributed by atoms with Crippen LogP contribution in [0.5, 0.6) is 0 Å². The number of nitrogens with one attached hydrogen (secondary N) is 2. The van der Waals surface area contributed by atoms with Crippen molar-refractivity contribution in [2.75, 3.05) is 18.9 Å². The number of aliphatic imine (C=N–C) groups is 1. The summed E-state index contributed by atoms with van der Waals surface area (Å²) >= 11 is 5.72. The highest BCUT2D eigenvalue weighted by molar-refractivity contribution is 7.84. The molecule has 0 saturated heterocycles. The lowest BCUT2D eigenvalue weighted by molar-refractivity contribution is -0.108. The number of amides is 1. The van der Waals surface area contributed by atoms with Crippen LogP contribution in [0, 0.1) is 0 Å². The van der Waals surface area contributed by atoms with Gasteiger partial charge in [-0.15, -0.1) is 24.0 Å². The van der Waals surface area contributed by atoms with Gasteiger partial charge in [0.25, 0.3) is 0 Å². The Kier molecular flexibility index (Phi) is 9.30. The predicted molar refractivity (Wildman–Crippen MR) is 129 cm³/mol. The monoisotopic (exact) mass is 443 g/mol. The van der Waals surface area contributed by atoms with Gasteiger partial charge in [0.2, 0.25) is 6.41 Å². The van der Waals surface area contributed by atoms with Crippen molar-refractivity contribution in [2.45, 2.75) is 20.3 Å². The molecule has 7 nitrogen and oxygen atoms in total. The van der Waals surface area contributed by atoms with E-state index in [1.54, 1.807) is 36.8 Å². The SMILES string of the molecule is CC\C=C/C(S)=C(\C=C\N(C)C=Nc1c(C=O)sc2nccc(NCC)c12)NC=O. The van der Waals surface area contributed by atoms with Crippen LogP contribution in [0.1, 0.15) is 29.9 Å². The van der Waals surface area contributed by atoms with Crippen molar-refractivity contribution in [1.29, 1.82) is 0 Å². The van der Waals surface area contributed by atoms with Gasteiger partial charge in [0.05, 0.1) is 28.0 Å². The Morgan fingerprint density at radius 3 is 2.80 bits per heavy atom. The van der Waals surface area contributed by atoms with Crippen molar-refractivity contribution >= 4 is 64.6 Å². The number of carbonyl (C=O) groups is 2. The lowest BCUT2D eigenvalue weighted by atomic mass is 10.2. The van der Waals surface area contributed by atoms with Gasteiger partial charge in [0, 0.05) is 36.6 Å². The number of allylic oxidation sites excluding steroid dienone is 3. The number of anilines is 1. The average molecular weight is 444 g/mol. The van der Waals surface area contributed by atoms with E-state index in [2.05, 4.69) is 33.2 Å². The first-order valence-corrected chi connectivity index (χ1v) is 10.7. The molecular weight excluding hydrogens is 418 g/mol. The number of hydrogen-bond acceptors (Lipinski definition) is 7. The molecule has 0 aliphatic heterocycles. The molecule has 2 N–H and O–H groups in total. The standard InChI is InChI=1S/C21H25N5O2S2/c1-4-6-7-17(29)15(25-14-28)9-11-26(3)13-24-20-18(12-27)30-21-19(20)16(22-5-2)8-10-23-21/h6-14,29H,4-5H2,1-3H3,(H,22,23)(H,25,28)/b7-6-,11-9+,17-15-,24-13?. The number of rotatable bonds is 11. The van der Waals surface area contributed by atoms with Crippen molar-refractivity contribution in [3.8, 4) is 0 Å². The van der Waals surface area contributed by atoms with Crippen molar-refractivity contribution in [1.82, 2.24) is 15.2 Å². The Labute approximate surface area is 185 Å². The van der Waals surface area contributed by atoms with E-state index in [4.69, 9.17) is 0 Å². The van der Waals surface area contributed by atoms with Crippen LogP contribution in [0.3, 0.4) is 0 Å². The summed E-state index contributed by atoms with van der Waals surface area (Å²) in [6.45, 7) is 4.77. The summed E-state index contributed by atoms with van der Waals surface area (Å²) in [5, 5.41) is 6.74. The summed E-state index contributed by atoms with van der Waals surface area (Å²) in [5.41, 5.74) is 2.03. The number of thiol groups is 1. The molecular formula is C21H25N5O2S2. The number of thiophene rings is 1. The molecule has 1 amide bonds. The number of hydrogen-bond donors (Lipinski definition) is 3. The fourth-order valence-electron chi connectivity index (χ4n) is 2.54. The van der Waals surface area contributed by atoms with E-state index < -0.39 is 0 Å². The average Bonchev–Trinajstić information content (AvgIpc) is 3.12. The van der Waals surface area contributed by atoms with Crippen LogP contribution in [0.25, 0.3) is 10.2 Å². The third-order valence-electron chi connectivity index (χ3n) is 3.91. The molecule has 0 fully saturated rings. The second-order valence-corrected chi connectivity index (χ2v) is 7.61. The molecule has 2 aromatic heterocycles. The highest BCUT2D eigenvalue weighted by atomic mass is 32.1. The van der Waals surface area contributed by atoms with Gasteiger partial charge < -0.3 is 15.5 Å². The van der Waals surface area contributed by atoms with Crippen LogP contribution in [0.15, 0.2) is 52.3 Å². The quantitative estimate of drug-likeness (QED) is 0.156. The topological polar surface area (TPSA) is 86.7 Å². The van der Waals surface area contributed by atoms with Gasteiger partial charge >= 0.3 is 0 Å². The van der Waals surface area contributed by atoms with Crippen molar-refractivity contribution < 1.29 is 9.59 Å². The van der Waals surface area contributed by atoms with Crippen LogP contribution in [-0.2, 0) is 4.79 Å². The first-order valence-electron chi connectivity index (χ1n) is 9.40. The largest absolute Gasteiger partial charge is 0.385 e. The molecule has 0 aliphatic rings. The molecule has 0 saturated carbocycles. The van der Waals surface area contributed by atoms with Gasteiger partial charge in [0.15, 0.2) is 6.29 Å². The van der Waals surface area contributed by atoms with Gasteiger partial charge in [-0.05, 0) is 25.5 Å². The minimum atomic E-state index is 0.516. The second kappa shape index (κ2) is 11.9. The number of aldehydes is 1. The van der Waals surface area contributed by atoms with E-state index >= 15 is 0 Å². The van der Waals surface area contributed by atoms with E-state index in [1.807, 2.05) is 32.1 Å². The molecule has 0 bridgehead atoms. The van der Waals surface area contributed by atoms with E-state index in [0.29, 0.717) is 27.6 Å². The summed E-state index contributed by atoms with van der Waals surface area (Å²) in [6.07, 6.45) is 12.8. The smallest absolute Gasteiger partial charge is 0.211 e. The summed E-state index contributed by atoms with van der Waals surface area (Å²) in [6, 6.07) is 1.87. The summed E-state index contributed by atoms with van der Waals surface area (Å²) in [7, 11) is 1.80.